The van der Waals surface area contributed by atoms with Gasteiger partial charge in [0.1, 0.15) is 11.9 Å². The van der Waals surface area contributed by atoms with Crippen molar-refractivity contribution in [3.05, 3.63) is 30.3 Å². The summed E-state index contributed by atoms with van der Waals surface area (Å²) < 4.78 is 5.73. The van der Waals surface area contributed by atoms with E-state index in [1.807, 2.05) is 37.3 Å². The maximum atomic E-state index is 12.4. The minimum Gasteiger partial charge on any atom is -0.489 e. The molecule has 1 saturated carbocycles. The largest absolute Gasteiger partial charge is 0.489 e. The van der Waals surface area contributed by atoms with Gasteiger partial charge < -0.3 is 20.1 Å². The number of para-hydroxylation sites is 1. The van der Waals surface area contributed by atoms with Gasteiger partial charge >= 0.3 is 12.0 Å². The van der Waals surface area contributed by atoms with Gasteiger partial charge in [-0.1, -0.05) is 24.6 Å². The first-order valence-electron chi connectivity index (χ1n) is 8.49. The van der Waals surface area contributed by atoms with E-state index in [0.717, 1.165) is 18.6 Å². The van der Waals surface area contributed by atoms with E-state index in [1.165, 1.54) is 0 Å². The number of carboxylic acids is 1. The normalized spacial score (nSPS) is 26.7. The van der Waals surface area contributed by atoms with Crippen molar-refractivity contribution in [1.29, 1.82) is 0 Å². The number of amides is 2. The molecule has 0 aromatic heterocycles. The van der Waals surface area contributed by atoms with E-state index < -0.39 is 11.4 Å². The zero-order valence-corrected chi connectivity index (χ0v) is 13.9. The number of nitrogens with one attached hydrogen (secondary N) is 1. The number of nitrogens with zero attached hydrogens (tertiary/aromatic N) is 1. The standard InChI is InChI=1S/C18H24N2O4/c1-13(24-15-7-3-2-4-8-15)10-19-17(23)20-11-14-6-5-9-18(14,12-20)16(21)22/h2-4,7-8,13-14H,5-6,9-12H2,1H3,(H,19,23)(H,21,22)/t13?,14-,18+/m0/s1. The molecule has 3 atom stereocenters. The Bertz CT molecular complexity index is 606. The zero-order valence-electron chi connectivity index (χ0n) is 13.9. The van der Waals surface area contributed by atoms with Gasteiger partial charge in [-0.25, -0.2) is 4.79 Å². The van der Waals surface area contributed by atoms with Crippen LogP contribution in [0.1, 0.15) is 26.2 Å². The van der Waals surface area contributed by atoms with Crippen molar-refractivity contribution in [2.24, 2.45) is 11.3 Å². The molecule has 1 saturated heterocycles. The topological polar surface area (TPSA) is 78.9 Å². The monoisotopic (exact) mass is 332 g/mol. The highest BCUT2D eigenvalue weighted by Gasteiger charge is 2.55. The van der Waals surface area contributed by atoms with Gasteiger partial charge in [-0.15, -0.1) is 0 Å². The van der Waals surface area contributed by atoms with Crippen LogP contribution in [0.4, 0.5) is 4.79 Å². The lowest BCUT2D eigenvalue weighted by atomic mass is 9.81. The molecule has 1 unspecified atom stereocenters. The summed E-state index contributed by atoms with van der Waals surface area (Å²) in [5.74, 6) is 0.0830. The molecule has 2 N–H and O–H groups in total. The third kappa shape index (κ3) is 3.18. The first-order chi connectivity index (χ1) is 11.5. The Morgan fingerprint density at radius 2 is 2.17 bits per heavy atom. The number of benzene rings is 1. The van der Waals surface area contributed by atoms with Gasteiger partial charge in [0.2, 0.25) is 0 Å². The molecule has 0 bridgehead atoms. The Morgan fingerprint density at radius 3 is 2.83 bits per heavy atom. The van der Waals surface area contributed by atoms with Crippen molar-refractivity contribution in [1.82, 2.24) is 10.2 Å². The van der Waals surface area contributed by atoms with Crippen LogP contribution in [0.3, 0.4) is 0 Å². The minimum atomic E-state index is -0.763. The van der Waals surface area contributed by atoms with Gasteiger partial charge in [-0.3, -0.25) is 4.79 Å². The summed E-state index contributed by atoms with van der Waals surface area (Å²) in [6.45, 7) is 3.12. The van der Waals surface area contributed by atoms with Crippen LogP contribution in [0.15, 0.2) is 30.3 Å². The van der Waals surface area contributed by atoms with Gasteiger partial charge in [0.25, 0.3) is 0 Å². The Kier molecular flexibility index (Phi) is 4.64. The highest BCUT2D eigenvalue weighted by Crippen LogP contribution is 2.48. The van der Waals surface area contributed by atoms with Crippen LogP contribution in [-0.2, 0) is 4.79 Å². The van der Waals surface area contributed by atoms with Crippen LogP contribution < -0.4 is 10.1 Å². The molecule has 1 aliphatic heterocycles. The van der Waals surface area contributed by atoms with Crippen LogP contribution in [0, 0.1) is 11.3 Å². The Hall–Kier alpha value is -2.24. The molecule has 1 heterocycles. The lowest BCUT2D eigenvalue weighted by Gasteiger charge is -2.24. The predicted molar refractivity (Wildman–Crippen MR) is 88.9 cm³/mol. The molecule has 0 radical (unpaired) electrons. The van der Waals surface area contributed by atoms with Crippen molar-refractivity contribution < 1.29 is 19.4 Å². The van der Waals surface area contributed by atoms with Crippen LogP contribution >= 0.6 is 0 Å². The molecular weight excluding hydrogens is 308 g/mol. The smallest absolute Gasteiger partial charge is 0.317 e. The molecule has 2 fully saturated rings. The molecule has 0 spiro atoms. The quantitative estimate of drug-likeness (QED) is 0.867. The van der Waals surface area contributed by atoms with Crippen LogP contribution in [-0.4, -0.2) is 47.7 Å². The van der Waals surface area contributed by atoms with E-state index in [9.17, 15) is 14.7 Å². The fourth-order valence-electron chi connectivity index (χ4n) is 3.91. The number of urea groups is 1. The van der Waals surface area contributed by atoms with E-state index in [0.29, 0.717) is 26.1 Å². The van der Waals surface area contributed by atoms with Gasteiger partial charge in [-0.2, -0.15) is 0 Å². The summed E-state index contributed by atoms with van der Waals surface area (Å²) >= 11 is 0. The van der Waals surface area contributed by atoms with Crippen LogP contribution in [0.5, 0.6) is 5.75 Å². The van der Waals surface area contributed by atoms with Gasteiger partial charge in [0.15, 0.2) is 0 Å². The Labute approximate surface area is 141 Å². The second kappa shape index (κ2) is 6.71. The number of likely N-dealkylation sites (tertiary alicyclic amines) is 1. The van der Waals surface area contributed by atoms with Crippen molar-refractivity contribution in [2.45, 2.75) is 32.3 Å². The number of rotatable bonds is 5. The number of carbonyl (C=O) groups is 2. The molecule has 1 aromatic carbocycles. The molecule has 2 amide bonds. The highest BCUT2D eigenvalue weighted by molar-refractivity contribution is 5.80. The molecule has 1 aliphatic carbocycles. The molecule has 6 nitrogen and oxygen atoms in total. The number of carboxylic acid groups (broad SMARTS) is 1. The van der Waals surface area contributed by atoms with Gasteiger partial charge in [-0.05, 0) is 37.8 Å². The molecule has 2 aliphatic rings. The Balaban J connectivity index is 1.50. The molecule has 6 heteroatoms. The summed E-state index contributed by atoms with van der Waals surface area (Å²) in [6.07, 6.45) is 2.34. The second-order valence-corrected chi connectivity index (χ2v) is 6.86. The number of hydrogen-bond donors (Lipinski definition) is 2. The second-order valence-electron chi connectivity index (χ2n) is 6.86. The van der Waals surface area contributed by atoms with Gasteiger partial charge in [0, 0.05) is 13.1 Å². The fourth-order valence-corrected chi connectivity index (χ4v) is 3.91. The van der Waals surface area contributed by atoms with E-state index >= 15 is 0 Å². The lowest BCUT2D eigenvalue weighted by molar-refractivity contribution is -0.149. The highest BCUT2D eigenvalue weighted by atomic mass is 16.5. The molecule has 3 rings (SSSR count). The third-order valence-corrected chi connectivity index (χ3v) is 5.21. The van der Waals surface area contributed by atoms with Crippen molar-refractivity contribution in [3.8, 4) is 5.75 Å². The summed E-state index contributed by atoms with van der Waals surface area (Å²) in [5.41, 5.74) is -0.733. The van der Waals surface area contributed by atoms with E-state index in [1.54, 1.807) is 4.90 Å². The average molecular weight is 332 g/mol. The SMILES string of the molecule is CC(CNC(=O)N1C[C@@H]2CCC[C@@]2(C(=O)O)C1)Oc1ccccc1. The number of hydrogen-bond acceptors (Lipinski definition) is 3. The maximum absolute atomic E-state index is 12.4. The fraction of sp³-hybridized carbons (Fsp3) is 0.556. The molecule has 130 valence electrons. The number of fused-ring (bicyclic) bond motifs is 1. The average Bonchev–Trinajstić information content (AvgIpc) is 3.12. The maximum Gasteiger partial charge on any atom is 0.317 e. The van der Waals surface area contributed by atoms with Crippen molar-refractivity contribution >= 4 is 12.0 Å². The van der Waals surface area contributed by atoms with Crippen molar-refractivity contribution in [3.63, 3.8) is 0 Å². The van der Waals surface area contributed by atoms with E-state index in [4.69, 9.17) is 4.74 Å². The summed E-state index contributed by atoms with van der Waals surface area (Å²) in [5, 5.41) is 12.4. The molecular formula is C18H24N2O4. The molecule has 24 heavy (non-hydrogen) atoms. The number of aliphatic carboxylic acids is 1. The predicted octanol–water partition coefficient (Wildman–Crippen LogP) is 2.35. The minimum absolute atomic E-state index is 0.0822. The van der Waals surface area contributed by atoms with E-state index in [-0.39, 0.29) is 18.1 Å². The van der Waals surface area contributed by atoms with Crippen LogP contribution in [0.25, 0.3) is 0 Å². The number of ether oxygens (including phenoxy) is 1. The lowest BCUT2D eigenvalue weighted by Crippen LogP contribution is -2.44. The van der Waals surface area contributed by atoms with Crippen LogP contribution in [0.2, 0.25) is 0 Å². The zero-order chi connectivity index (χ0) is 17.2. The van der Waals surface area contributed by atoms with Gasteiger partial charge in [0.05, 0.1) is 12.0 Å². The summed E-state index contributed by atoms with van der Waals surface area (Å²) in [6, 6.07) is 9.26. The summed E-state index contributed by atoms with van der Waals surface area (Å²) in [7, 11) is 0. The first kappa shape index (κ1) is 16.6. The number of carbonyl (C=O) groups excluding carboxylic acids is 1. The first-order valence-corrected chi connectivity index (χ1v) is 8.49. The Morgan fingerprint density at radius 1 is 1.42 bits per heavy atom. The van der Waals surface area contributed by atoms with Crippen molar-refractivity contribution in [2.75, 3.05) is 19.6 Å². The molecule has 1 aromatic rings. The third-order valence-electron chi connectivity index (χ3n) is 5.21. The summed E-state index contributed by atoms with van der Waals surface area (Å²) in [4.78, 5) is 25.7. The van der Waals surface area contributed by atoms with E-state index in [2.05, 4.69) is 5.32 Å².